The average Bonchev–Trinajstić information content (AvgIpc) is 2.66. The van der Waals surface area contributed by atoms with Crippen molar-refractivity contribution in [2.45, 2.75) is 58.4 Å². The van der Waals surface area contributed by atoms with Gasteiger partial charge < -0.3 is 10.4 Å². The Morgan fingerprint density at radius 3 is 2.40 bits per heavy atom. The first-order chi connectivity index (χ1) is 6.96. The SMILES string of the molecule is CCC(C)(CO)NC(=O)C1(C)CCCC1. The Morgan fingerprint density at radius 2 is 2.00 bits per heavy atom. The molecule has 1 atom stereocenters. The third-order valence-electron chi connectivity index (χ3n) is 3.80. The number of carbonyl (C=O) groups is 1. The van der Waals surface area contributed by atoms with Crippen LogP contribution in [0.1, 0.15) is 52.9 Å². The number of aliphatic hydroxyl groups is 1. The van der Waals surface area contributed by atoms with Crippen LogP contribution in [0.15, 0.2) is 0 Å². The molecule has 0 spiro atoms. The van der Waals surface area contributed by atoms with Crippen molar-refractivity contribution in [2.75, 3.05) is 6.61 Å². The van der Waals surface area contributed by atoms with Crippen molar-refractivity contribution < 1.29 is 9.90 Å². The van der Waals surface area contributed by atoms with E-state index < -0.39 is 5.54 Å². The highest BCUT2D eigenvalue weighted by Gasteiger charge is 2.38. The molecule has 0 radical (unpaired) electrons. The Morgan fingerprint density at radius 1 is 1.47 bits per heavy atom. The minimum Gasteiger partial charge on any atom is -0.394 e. The standard InChI is InChI=1S/C12H23NO2/c1-4-12(3,9-14)13-10(15)11(2)7-5-6-8-11/h14H,4-9H2,1-3H3,(H,13,15). The molecule has 1 fully saturated rings. The predicted molar refractivity (Wildman–Crippen MR) is 60.5 cm³/mol. The van der Waals surface area contributed by atoms with E-state index in [1.165, 1.54) is 0 Å². The summed E-state index contributed by atoms with van der Waals surface area (Å²) in [6, 6.07) is 0. The largest absolute Gasteiger partial charge is 0.394 e. The normalized spacial score (nSPS) is 23.5. The van der Waals surface area contributed by atoms with E-state index in [1.807, 2.05) is 20.8 Å². The first-order valence-corrected chi connectivity index (χ1v) is 5.89. The molecule has 1 aliphatic carbocycles. The maximum atomic E-state index is 12.1. The fourth-order valence-electron chi connectivity index (χ4n) is 2.05. The Hall–Kier alpha value is -0.570. The van der Waals surface area contributed by atoms with Crippen molar-refractivity contribution in [3.05, 3.63) is 0 Å². The summed E-state index contributed by atoms with van der Waals surface area (Å²) in [6.07, 6.45) is 5.00. The number of hydrogen-bond acceptors (Lipinski definition) is 2. The summed E-state index contributed by atoms with van der Waals surface area (Å²) in [5.74, 6) is 0.110. The van der Waals surface area contributed by atoms with E-state index in [9.17, 15) is 9.90 Å². The summed E-state index contributed by atoms with van der Waals surface area (Å²) in [6.45, 7) is 5.91. The molecule has 0 saturated heterocycles. The quantitative estimate of drug-likeness (QED) is 0.748. The van der Waals surface area contributed by atoms with Crippen LogP contribution in [0.3, 0.4) is 0 Å². The first-order valence-electron chi connectivity index (χ1n) is 5.89. The summed E-state index contributed by atoms with van der Waals surface area (Å²) in [5.41, 5.74) is -0.658. The second-order valence-electron chi connectivity index (χ2n) is 5.29. The zero-order chi connectivity index (χ0) is 11.5. The lowest BCUT2D eigenvalue weighted by Crippen LogP contribution is -2.52. The third kappa shape index (κ3) is 2.71. The van der Waals surface area contributed by atoms with Crippen LogP contribution in [-0.2, 0) is 4.79 Å². The topological polar surface area (TPSA) is 49.3 Å². The highest BCUT2D eigenvalue weighted by atomic mass is 16.3. The molecule has 3 nitrogen and oxygen atoms in total. The summed E-state index contributed by atoms with van der Waals surface area (Å²) in [5, 5.41) is 12.2. The number of hydrogen-bond donors (Lipinski definition) is 2. The molecular formula is C12H23NO2. The molecule has 1 saturated carbocycles. The van der Waals surface area contributed by atoms with Crippen molar-refractivity contribution in [3.8, 4) is 0 Å². The molecule has 3 heteroatoms. The molecule has 0 aromatic carbocycles. The van der Waals surface area contributed by atoms with Gasteiger partial charge in [-0.2, -0.15) is 0 Å². The average molecular weight is 213 g/mol. The van der Waals surface area contributed by atoms with Crippen LogP contribution in [0.4, 0.5) is 0 Å². The van der Waals surface area contributed by atoms with Gasteiger partial charge in [-0.15, -0.1) is 0 Å². The lowest BCUT2D eigenvalue weighted by Gasteiger charge is -2.32. The van der Waals surface area contributed by atoms with Gasteiger partial charge in [-0.3, -0.25) is 4.79 Å². The predicted octanol–water partition coefficient (Wildman–Crippen LogP) is 1.84. The lowest BCUT2D eigenvalue weighted by atomic mass is 9.86. The first kappa shape index (κ1) is 12.5. The maximum Gasteiger partial charge on any atom is 0.226 e. The summed E-state index contributed by atoms with van der Waals surface area (Å²) < 4.78 is 0. The van der Waals surface area contributed by atoms with Crippen molar-refractivity contribution in [1.82, 2.24) is 5.32 Å². The molecule has 0 bridgehead atoms. The van der Waals surface area contributed by atoms with Crippen molar-refractivity contribution in [3.63, 3.8) is 0 Å². The van der Waals surface area contributed by atoms with Crippen molar-refractivity contribution in [1.29, 1.82) is 0 Å². The molecular weight excluding hydrogens is 190 g/mol. The summed E-state index contributed by atoms with van der Waals surface area (Å²) >= 11 is 0. The minimum atomic E-state index is -0.456. The number of rotatable bonds is 4. The lowest BCUT2D eigenvalue weighted by molar-refractivity contribution is -0.132. The van der Waals surface area contributed by atoms with Crippen LogP contribution in [0, 0.1) is 5.41 Å². The fraction of sp³-hybridized carbons (Fsp3) is 0.917. The van der Waals surface area contributed by atoms with Gasteiger partial charge >= 0.3 is 0 Å². The van der Waals surface area contributed by atoms with Gasteiger partial charge in [0.05, 0.1) is 12.1 Å². The maximum absolute atomic E-state index is 12.1. The zero-order valence-corrected chi connectivity index (χ0v) is 10.1. The Bertz CT molecular complexity index is 228. The van der Waals surface area contributed by atoms with Gasteiger partial charge in [-0.1, -0.05) is 26.7 Å². The zero-order valence-electron chi connectivity index (χ0n) is 10.1. The molecule has 1 rings (SSSR count). The van der Waals surface area contributed by atoms with Crippen LogP contribution >= 0.6 is 0 Å². The van der Waals surface area contributed by atoms with Crippen LogP contribution in [0.2, 0.25) is 0 Å². The molecule has 2 N–H and O–H groups in total. The Kier molecular flexibility index (Phi) is 3.77. The van der Waals surface area contributed by atoms with E-state index in [2.05, 4.69) is 5.32 Å². The van der Waals surface area contributed by atoms with Crippen LogP contribution in [0.5, 0.6) is 0 Å². The minimum absolute atomic E-state index is 0.00528. The summed E-state index contributed by atoms with van der Waals surface area (Å²) in [7, 11) is 0. The second kappa shape index (κ2) is 4.52. The van der Waals surface area contributed by atoms with Gasteiger partial charge in [0.15, 0.2) is 0 Å². The molecule has 0 heterocycles. The molecule has 1 unspecified atom stereocenters. The summed E-state index contributed by atoms with van der Waals surface area (Å²) in [4.78, 5) is 12.1. The number of nitrogens with one attached hydrogen (secondary N) is 1. The molecule has 1 amide bonds. The van der Waals surface area contributed by atoms with Crippen LogP contribution in [0.25, 0.3) is 0 Å². The van der Waals surface area contributed by atoms with E-state index in [0.29, 0.717) is 0 Å². The van der Waals surface area contributed by atoms with Gasteiger partial charge in [0.2, 0.25) is 5.91 Å². The third-order valence-corrected chi connectivity index (χ3v) is 3.80. The molecule has 1 aliphatic rings. The van der Waals surface area contributed by atoms with E-state index in [0.717, 1.165) is 32.1 Å². The van der Waals surface area contributed by atoms with Crippen LogP contribution in [-0.4, -0.2) is 23.2 Å². The highest BCUT2D eigenvalue weighted by Crippen LogP contribution is 2.38. The van der Waals surface area contributed by atoms with E-state index >= 15 is 0 Å². The molecule has 0 aromatic heterocycles. The van der Waals surface area contributed by atoms with Gasteiger partial charge in [-0.25, -0.2) is 0 Å². The van der Waals surface area contributed by atoms with Crippen molar-refractivity contribution in [2.24, 2.45) is 5.41 Å². The van der Waals surface area contributed by atoms with E-state index in [4.69, 9.17) is 0 Å². The molecule has 0 aliphatic heterocycles. The molecule has 88 valence electrons. The smallest absolute Gasteiger partial charge is 0.226 e. The van der Waals surface area contributed by atoms with E-state index in [-0.39, 0.29) is 17.9 Å². The molecule has 0 aromatic rings. The van der Waals surface area contributed by atoms with Gasteiger partial charge in [-0.05, 0) is 26.2 Å². The number of amides is 1. The van der Waals surface area contributed by atoms with E-state index in [1.54, 1.807) is 0 Å². The molecule has 15 heavy (non-hydrogen) atoms. The Labute approximate surface area is 92.3 Å². The van der Waals surface area contributed by atoms with Crippen molar-refractivity contribution >= 4 is 5.91 Å². The van der Waals surface area contributed by atoms with Gasteiger partial charge in [0.25, 0.3) is 0 Å². The second-order valence-corrected chi connectivity index (χ2v) is 5.29. The van der Waals surface area contributed by atoms with Crippen LogP contribution < -0.4 is 5.32 Å². The number of carbonyl (C=O) groups excluding carboxylic acids is 1. The Balaban J connectivity index is 2.61. The number of aliphatic hydroxyl groups excluding tert-OH is 1. The monoisotopic (exact) mass is 213 g/mol. The van der Waals surface area contributed by atoms with Gasteiger partial charge in [0.1, 0.15) is 0 Å². The fourth-order valence-corrected chi connectivity index (χ4v) is 2.05. The van der Waals surface area contributed by atoms with Gasteiger partial charge in [0, 0.05) is 5.41 Å². The highest BCUT2D eigenvalue weighted by molar-refractivity contribution is 5.83.